The first-order valence-corrected chi connectivity index (χ1v) is 11.3. The number of nitrogens with zero attached hydrogens (tertiary/aromatic N) is 3. The van der Waals surface area contributed by atoms with Gasteiger partial charge < -0.3 is 0 Å². The van der Waals surface area contributed by atoms with Crippen molar-refractivity contribution in [3.05, 3.63) is 90.0 Å². The molecule has 1 fully saturated rings. The lowest BCUT2D eigenvalue weighted by molar-refractivity contribution is -0.121. The molecule has 2 aromatic carbocycles. The van der Waals surface area contributed by atoms with Crippen LogP contribution in [-0.4, -0.2) is 35.9 Å². The predicted molar refractivity (Wildman–Crippen MR) is 120 cm³/mol. The highest BCUT2D eigenvalue weighted by Crippen LogP contribution is 2.33. The van der Waals surface area contributed by atoms with E-state index in [0.717, 1.165) is 22.7 Å². The standard InChI is InChI=1S/C22H17N3O3S2/c1-2-14-25-21(26)20(15-17-13-12-16-8-6-7-11-19(16)23-17)29-22(25)24-30(27,28)18-9-4-3-5-10-18/h2-13,15H,1,14H2/b20-15+,24-22-. The zero-order chi connectivity index (χ0) is 21.1. The largest absolute Gasteiger partial charge is 0.284 e. The minimum Gasteiger partial charge on any atom is -0.282 e. The number of thioether (sulfide) groups is 1. The van der Waals surface area contributed by atoms with Crippen LogP contribution >= 0.6 is 11.8 Å². The Hall–Kier alpha value is -3.23. The minimum atomic E-state index is -3.95. The van der Waals surface area contributed by atoms with E-state index >= 15 is 0 Å². The van der Waals surface area contributed by atoms with Gasteiger partial charge >= 0.3 is 0 Å². The molecular formula is C22H17N3O3S2. The van der Waals surface area contributed by atoms with Crippen molar-refractivity contribution in [1.82, 2.24) is 9.88 Å². The second-order valence-corrected chi connectivity index (χ2v) is 9.02. The number of rotatable bonds is 5. The van der Waals surface area contributed by atoms with Crippen LogP contribution in [0.25, 0.3) is 17.0 Å². The number of amidine groups is 1. The van der Waals surface area contributed by atoms with Crippen LogP contribution in [0, 0.1) is 0 Å². The number of amides is 1. The van der Waals surface area contributed by atoms with E-state index in [2.05, 4.69) is 16.0 Å². The van der Waals surface area contributed by atoms with E-state index in [0.29, 0.717) is 10.6 Å². The number of hydrogen-bond donors (Lipinski definition) is 0. The third-order valence-electron chi connectivity index (χ3n) is 4.34. The van der Waals surface area contributed by atoms with Crippen molar-refractivity contribution < 1.29 is 13.2 Å². The summed E-state index contributed by atoms with van der Waals surface area (Å²) in [6.45, 7) is 3.80. The Morgan fingerprint density at radius 3 is 2.53 bits per heavy atom. The number of carbonyl (C=O) groups is 1. The molecule has 1 aromatic heterocycles. The van der Waals surface area contributed by atoms with Crippen LogP contribution in [-0.2, 0) is 14.8 Å². The third kappa shape index (κ3) is 4.05. The van der Waals surface area contributed by atoms with Gasteiger partial charge in [-0.25, -0.2) is 4.98 Å². The van der Waals surface area contributed by atoms with Crippen molar-refractivity contribution in [2.45, 2.75) is 4.90 Å². The summed E-state index contributed by atoms with van der Waals surface area (Å²) in [4.78, 5) is 19.1. The fourth-order valence-electron chi connectivity index (χ4n) is 2.91. The van der Waals surface area contributed by atoms with Gasteiger partial charge in [-0.15, -0.1) is 11.0 Å². The number of aromatic nitrogens is 1. The lowest BCUT2D eigenvalue weighted by atomic mass is 10.2. The molecule has 1 saturated heterocycles. The Kier molecular flexibility index (Phi) is 5.52. The Bertz CT molecular complexity index is 1300. The molecule has 3 aromatic rings. The van der Waals surface area contributed by atoms with Gasteiger partial charge in [0.25, 0.3) is 15.9 Å². The monoisotopic (exact) mass is 435 g/mol. The van der Waals surface area contributed by atoms with Crippen molar-refractivity contribution in [2.75, 3.05) is 6.54 Å². The first-order valence-electron chi connectivity index (χ1n) is 9.06. The molecule has 6 nitrogen and oxygen atoms in total. The number of hydrogen-bond acceptors (Lipinski definition) is 5. The highest BCUT2D eigenvalue weighted by Gasteiger charge is 2.34. The molecule has 1 aliphatic rings. The maximum absolute atomic E-state index is 12.9. The number of para-hydroxylation sites is 1. The summed E-state index contributed by atoms with van der Waals surface area (Å²) in [6.07, 6.45) is 3.17. The van der Waals surface area contributed by atoms with Crippen molar-refractivity contribution in [2.24, 2.45) is 4.40 Å². The van der Waals surface area contributed by atoms with Crippen LogP contribution in [0.2, 0.25) is 0 Å². The van der Waals surface area contributed by atoms with E-state index in [1.54, 1.807) is 24.3 Å². The number of benzene rings is 2. The van der Waals surface area contributed by atoms with Crippen molar-refractivity contribution in [1.29, 1.82) is 0 Å². The maximum atomic E-state index is 12.9. The average Bonchev–Trinajstić information content (AvgIpc) is 3.03. The van der Waals surface area contributed by atoms with E-state index in [1.807, 2.05) is 36.4 Å². The highest BCUT2D eigenvalue weighted by molar-refractivity contribution is 8.19. The third-order valence-corrected chi connectivity index (χ3v) is 6.74. The molecule has 0 bridgehead atoms. The summed E-state index contributed by atoms with van der Waals surface area (Å²) in [7, 11) is -3.95. The van der Waals surface area contributed by atoms with E-state index in [1.165, 1.54) is 23.1 Å². The number of sulfonamides is 1. The molecule has 30 heavy (non-hydrogen) atoms. The molecule has 8 heteroatoms. The number of pyridine rings is 1. The van der Waals surface area contributed by atoms with E-state index in [4.69, 9.17) is 0 Å². The summed E-state index contributed by atoms with van der Waals surface area (Å²) >= 11 is 1.01. The highest BCUT2D eigenvalue weighted by atomic mass is 32.2. The molecule has 2 heterocycles. The van der Waals surface area contributed by atoms with Crippen LogP contribution in [0.1, 0.15) is 5.69 Å². The Labute approximate surface area is 178 Å². The van der Waals surface area contributed by atoms with Gasteiger partial charge in [-0.05, 0) is 42.1 Å². The van der Waals surface area contributed by atoms with Gasteiger partial charge in [0.05, 0.1) is 21.0 Å². The topological polar surface area (TPSA) is 79.7 Å². The molecule has 0 aliphatic carbocycles. The minimum absolute atomic E-state index is 0.0673. The van der Waals surface area contributed by atoms with Gasteiger partial charge in [-0.1, -0.05) is 48.5 Å². The Balaban J connectivity index is 1.72. The van der Waals surface area contributed by atoms with Gasteiger partial charge in [0, 0.05) is 11.9 Å². The summed E-state index contributed by atoms with van der Waals surface area (Å²) in [6, 6.07) is 19.3. The molecule has 1 amide bonds. The van der Waals surface area contributed by atoms with Gasteiger partial charge in [0.2, 0.25) is 0 Å². The molecule has 4 rings (SSSR count). The van der Waals surface area contributed by atoms with E-state index < -0.39 is 10.0 Å². The second kappa shape index (κ2) is 8.25. The molecule has 0 spiro atoms. The lowest BCUT2D eigenvalue weighted by Gasteiger charge is -2.12. The Morgan fingerprint density at radius 1 is 1.03 bits per heavy atom. The SMILES string of the molecule is C=CCN1C(=O)/C(=C\c2ccc3ccccc3n2)S/C1=N\S(=O)(=O)c1ccccc1. The first-order chi connectivity index (χ1) is 14.5. The van der Waals surface area contributed by atoms with E-state index in [9.17, 15) is 13.2 Å². The van der Waals surface area contributed by atoms with Crippen LogP contribution in [0.15, 0.2) is 93.6 Å². The summed E-state index contributed by atoms with van der Waals surface area (Å²) in [5.41, 5.74) is 1.42. The molecule has 0 saturated carbocycles. The molecule has 0 atom stereocenters. The molecule has 1 aliphatic heterocycles. The lowest BCUT2D eigenvalue weighted by Crippen LogP contribution is -2.29. The Morgan fingerprint density at radius 2 is 1.77 bits per heavy atom. The van der Waals surface area contributed by atoms with Crippen LogP contribution in [0.5, 0.6) is 0 Å². The zero-order valence-electron chi connectivity index (χ0n) is 15.8. The summed E-state index contributed by atoms with van der Waals surface area (Å²) in [5, 5.41) is 1.09. The zero-order valence-corrected chi connectivity index (χ0v) is 17.4. The van der Waals surface area contributed by atoms with Crippen LogP contribution in [0.3, 0.4) is 0 Å². The fraction of sp³-hybridized carbons (Fsp3) is 0.0455. The quantitative estimate of drug-likeness (QED) is 0.446. The molecule has 0 radical (unpaired) electrons. The molecule has 0 N–H and O–H groups in total. The molecule has 0 unspecified atom stereocenters. The predicted octanol–water partition coefficient (Wildman–Crippen LogP) is 4.08. The molecular weight excluding hydrogens is 418 g/mol. The average molecular weight is 436 g/mol. The van der Waals surface area contributed by atoms with Crippen LogP contribution < -0.4 is 0 Å². The number of carbonyl (C=O) groups excluding carboxylic acids is 1. The summed E-state index contributed by atoms with van der Waals surface area (Å²) in [5.74, 6) is -0.336. The summed E-state index contributed by atoms with van der Waals surface area (Å²) < 4.78 is 29.2. The van der Waals surface area contributed by atoms with Crippen molar-refractivity contribution >= 4 is 49.8 Å². The smallest absolute Gasteiger partial charge is 0.282 e. The second-order valence-electron chi connectivity index (χ2n) is 6.41. The molecule has 150 valence electrons. The number of fused-ring (bicyclic) bond motifs is 1. The van der Waals surface area contributed by atoms with Crippen LogP contribution in [0.4, 0.5) is 0 Å². The van der Waals surface area contributed by atoms with Gasteiger partial charge in [0.15, 0.2) is 5.17 Å². The van der Waals surface area contributed by atoms with Crippen molar-refractivity contribution in [3.63, 3.8) is 0 Å². The van der Waals surface area contributed by atoms with Gasteiger partial charge in [-0.3, -0.25) is 9.69 Å². The van der Waals surface area contributed by atoms with Crippen molar-refractivity contribution in [3.8, 4) is 0 Å². The van der Waals surface area contributed by atoms with Gasteiger partial charge in [-0.2, -0.15) is 8.42 Å². The normalized spacial score (nSPS) is 17.2. The van der Waals surface area contributed by atoms with E-state index in [-0.39, 0.29) is 22.5 Å². The maximum Gasteiger partial charge on any atom is 0.284 e. The van der Waals surface area contributed by atoms with Gasteiger partial charge in [0.1, 0.15) is 0 Å². The fourth-order valence-corrected chi connectivity index (χ4v) is 5.11. The first kappa shape index (κ1) is 20.1.